The van der Waals surface area contributed by atoms with Crippen molar-refractivity contribution in [3.63, 3.8) is 0 Å². The Bertz CT molecular complexity index is 493. The van der Waals surface area contributed by atoms with Crippen LogP contribution < -0.4 is 0 Å². The van der Waals surface area contributed by atoms with Crippen LogP contribution in [-0.2, 0) is 6.42 Å². The summed E-state index contributed by atoms with van der Waals surface area (Å²) in [5, 5.41) is 2.95. The number of carbonyl (C=O) groups is 1. The molecular weight excluding hydrogens is 197 g/mol. The van der Waals surface area contributed by atoms with E-state index in [2.05, 4.69) is 10.0 Å². The molecule has 2 rings (SSSR count). The van der Waals surface area contributed by atoms with Gasteiger partial charge in [-0.3, -0.25) is 4.79 Å². The Morgan fingerprint density at radius 1 is 1.60 bits per heavy atom. The van der Waals surface area contributed by atoms with Crippen LogP contribution in [-0.4, -0.2) is 11.6 Å². The summed E-state index contributed by atoms with van der Waals surface area (Å²) < 4.78 is 13.9. The molecule has 0 N–H and O–H groups in total. The van der Waals surface area contributed by atoms with Gasteiger partial charge >= 0.3 is 0 Å². The van der Waals surface area contributed by atoms with Crippen LogP contribution in [0.3, 0.4) is 0 Å². The second kappa shape index (κ2) is 3.07. The van der Waals surface area contributed by atoms with E-state index in [1.165, 1.54) is 0 Å². The highest BCUT2D eigenvalue weighted by atomic mass is 19.1. The Morgan fingerprint density at radius 3 is 3.00 bits per heavy atom. The fourth-order valence-corrected chi connectivity index (χ4v) is 1.75. The molecule has 0 bridgehead atoms. The van der Waals surface area contributed by atoms with Crippen LogP contribution >= 0.6 is 0 Å². The smallest absolute Gasteiger partial charge is 0.255 e. The van der Waals surface area contributed by atoms with Crippen molar-refractivity contribution in [2.24, 2.45) is 5.11 Å². The maximum Gasteiger partial charge on any atom is 0.255 e. The molecule has 0 fully saturated rings. The number of fused-ring (bicyclic) bond motifs is 1. The maximum absolute atomic E-state index is 13.9. The molecule has 1 aromatic rings. The number of nitrogens with zero attached hydrogens (tertiary/aromatic N) is 3. The second-order valence-electron chi connectivity index (χ2n) is 3.62. The molecular formula is C10H8FN3O. The summed E-state index contributed by atoms with van der Waals surface area (Å²) in [4.78, 5) is 14.0. The van der Waals surface area contributed by atoms with E-state index < -0.39 is 11.6 Å². The number of azide groups is 1. The largest absolute Gasteiger partial charge is 0.290 e. The Hall–Kier alpha value is -1.87. The minimum atomic E-state index is -2.43. The van der Waals surface area contributed by atoms with Crippen LogP contribution in [0.15, 0.2) is 23.3 Å². The molecule has 0 saturated heterocycles. The summed E-state index contributed by atoms with van der Waals surface area (Å²) >= 11 is 0. The zero-order chi connectivity index (χ0) is 11.1. The molecule has 0 saturated carbocycles. The molecule has 76 valence electrons. The third kappa shape index (κ3) is 1.37. The van der Waals surface area contributed by atoms with Crippen molar-refractivity contribution in [2.75, 3.05) is 0 Å². The van der Waals surface area contributed by atoms with Gasteiger partial charge in [-0.15, -0.1) is 0 Å². The first-order valence-corrected chi connectivity index (χ1v) is 4.46. The SMILES string of the molecule is Cc1ccc2c(c1)C(=O)C(F)(N=[N+]=[N-])C2. The number of ketones is 1. The summed E-state index contributed by atoms with van der Waals surface area (Å²) in [5.74, 6) is -3.16. The highest BCUT2D eigenvalue weighted by molar-refractivity contribution is 6.06. The number of carbonyl (C=O) groups excluding carboxylic acids is 1. The quantitative estimate of drug-likeness (QED) is 0.301. The molecule has 0 heterocycles. The molecule has 0 spiro atoms. The molecule has 4 nitrogen and oxygen atoms in total. The Labute approximate surface area is 85.3 Å². The Morgan fingerprint density at radius 2 is 2.33 bits per heavy atom. The van der Waals surface area contributed by atoms with Gasteiger partial charge in [-0.25, -0.2) is 4.39 Å². The zero-order valence-corrected chi connectivity index (χ0v) is 8.07. The van der Waals surface area contributed by atoms with Gasteiger partial charge in [0.25, 0.3) is 5.79 Å². The summed E-state index contributed by atoms with van der Waals surface area (Å²) in [6.07, 6.45) is -0.161. The fourth-order valence-electron chi connectivity index (χ4n) is 1.75. The maximum atomic E-state index is 13.9. The Kier molecular flexibility index (Phi) is 1.98. The van der Waals surface area contributed by atoms with E-state index in [4.69, 9.17) is 5.53 Å². The molecule has 1 aromatic carbocycles. The van der Waals surface area contributed by atoms with Gasteiger partial charge in [0.15, 0.2) is 0 Å². The van der Waals surface area contributed by atoms with Crippen LogP contribution in [0.1, 0.15) is 21.5 Å². The first-order chi connectivity index (χ1) is 7.07. The zero-order valence-electron chi connectivity index (χ0n) is 8.07. The molecule has 15 heavy (non-hydrogen) atoms. The molecule has 1 aliphatic rings. The van der Waals surface area contributed by atoms with E-state index in [1.807, 2.05) is 6.92 Å². The van der Waals surface area contributed by atoms with Crippen molar-refractivity contribution < 1.29 is 9.18 Å². The van der Waals surface area contributed by atoms with Crippen LogP contribution in [0.25, 0.3) is 10.4 Å². The van der Waals surface area contributed by atoms with Gasteiger partial charge in [-0.05, 0) is 29.2 Å². The predicted molar refractivity (Wildman–Crippen MR) is 52.2 cm³/mol. The van der Waals surface area contributed by atoms with Crippen molar-refractivity contribution in [2.45, 2.75) is 19.1 Å². The Balaban J connectivity index is 2.55. The van der Waals surface area contributed by atoms with E-state index >= 15 is 0 Å². The van der Waals surface area contributed by atoms with Gasteiger partial charge < -0.3 is 0 Å². The predicted octanol–water partition coefficient (Wildman–Crippen LogP) is 2.71. The highest BCUT2D eigenvalue weighted by Gasteiger charge is 2.45. The van der Waals surface area contributed by atoms with Crippen LogP contribution in [0.2, 0.25) is 0 Å². The van der Waals surface area contributed by atoms with Crippen molar-refractivity contribution in [3.8, 4) is 0 Å². The van der Waals surface area contributed by atoms with E-state index in [0.717, 1.165) is 5.56 Å². The number of rotatable bonds is 1. The standard InChI is InChI=1S/C10H8FN3O/c1-6-2-3-7-5-10(11,13-14-12)9(15)8(7)4-6/h2-4H,5H2,1H3. The van der Waals surface area contributed by atoms with E-state index in [-0.39, 0.29) is 6.42 Å². The molecule has 5 heteroatoms. The summed E-state index contributed by atoms with van der Waals surface area (Å²) in [6, 6.07) is 5.11. The molecule has 0 aromatic heterocycles. The first-order valence-electron chi connectivity index (χ1n) is 4.46. The number of benzene rings is 1. The number of Topliss-reactive ketones (excluding diaryl/α,β-unsaturated/α-hetero) is 1. The fraction of sp³-hybridized carbons (Fsp3) is 0.300. The molecule has 1 unspecified atom stereocenters. The average Bonchev–Trinajstić information content (AvgIpc) is 2.42. The van der Waals surface area contributed by atoms with Crippen molar-refractivity contribution in [3.05, 3.63) is 45.3 Å². The van der Waals surface area contributed by atoms with Crippen LogP contribution in [0, 0.1) is 6.92 Å². The molecule has 0 aliphatic heterocycles. The summed E-state index contributed by atoms with van der Waals surface area (Å²) in [5.41, 5.74) is 10.0. The number of halogens is 1. The van der Waals surface area contributed by atoms with Crippen molar-refractivity contribution in [1.29, 1.82) is 0 Å². The van der Waals surface area contributed by atoms with Gasteiger partial charge in [0.05, 0.1) is 0 Å². The van der Waals surface area contributed by atoms with E-state index in [9.17, 15) is 9.18 Å². The number of hydrogen-bond donors (Lipinski definition) is 0. The lowest BCUT2D eigenvalue weighted by atomic mass is 10.1. The van der Waals surface area contributed by atoms with Gasteiger partial charge in [0, 0.05) is 16.9 Å². The molecule has 0 amide bonds. The molecule has 0 radical (unpaired) electrons. The number of alkyl halides is 1. The van der Waals surface area contributed by atoms with Gasteiger partial charge in [0.2, 0.25) is 5.78 Å². The number of aryl methyl sites for hydroxylation is 1. The van der Waals surface area contributed by atoms with Crippen molar-refractivity contribution >= 4 is 5.78 Å². The molecule has 1 aliphatic carbocycles. The lowest BCUT2D eigenvalue weighted by molar-refractivity contribution is 0.0735. The van der Waals surface area contributed by atoms with Crippen LogP contribution in [0.4, 0.5) is 4.39 Å². The second-order valence-corrected chi connectivity index (χ2v) is 3.62. The van der Waals surface area contributed by atoms with Gasteiger partial charge in [-0.2, -0.15) is 0 Å². The minimum absolute atomic E-state index is 0.161. The monoisotopic (exact) mass is 205 g/mol. The lowest BCUT2D eigenvalue weighted by Gasteiger charge is -2.07. The summed E-state index contributed by atoms with van der Waals surface area (Å²) in [7, 11) is 0. The van der Waals surface area contributed by atoms with E-state index in [0.29, 0.717) is 11.1 Å². The average molecular weight is 205 g/mol. The topological polar surface area (TPSA) is 65.8 Å². The van der Waals surface area contributed by atoms with Crippen molar-refractivity contribution in [1.82, 2.24) is 0 Å². The van der Waals surface area contributed by atoms with Gasteiger partial charge in [-0.1, -0.05) is 17.7 Å². The first kappa shape index (κ1) is 9.68. The number of hydrogen-bond acceptors (Lipinski definition) is 2. The van der Waals surface area contributed by atoms with Gasteiger partial charge in [0.1, 0.15) is 0 Å². The van der Waals surface area contributed by atoms with Crippen LogP contribution in [0.5, 0.6) is 0 Å². The third-order valence-corrected chi connectivity index (χ3v) is 2.49. The highest BCUT2D eigenvalue weighted by Crippen LogP contribution is 2.34. The lowest BCUT2D eigenvalue weighted by Crippen LogP contribution is -2.26. The normalized spacial score (nSPS) is 23.5. The summed E-state index contributed by atoms with van der Waals surface area (Å²) in [6.45, 7) is 1.82. The minimum Gasteiger partial charge on any atom is -0.290 e. The molecule has 1 atom stereocenters. The third-order valence-electron chi connectivity index (χ3n) is 2.49. The van der Waals surface area contributed by atoms with E-state index in [1.54, 1.807) is 18.2 Å².